The second kappa shape index (κ2) is 18.9. The van der Waals surface area contributed by atoms with Gasteiger partial charge in [-0.05, 0) is 0 Å². The first kappa shape index (κ1) is 19.9. The first-order valence-electron chi connectivity index (χ1n) is 7.06. The zero-order valence-electron chi connectivity index (χ0n) is 11.7. The molecule has 0 aromatic rings. The Morgan fingerprint density at radius 1 is 0.562 bits per heavy atom. The van der Waals surface area contributed by atoms with E-state index in [0.29, 0.717) is 6.54 Å². The molecule has 0 atom stereocenters. The van der Waals surface area contributed by atoms with Crippen molar-refractivity contribution in [2.24, 2.45) is 0 Å². The monoisotopic (exact) mass is 251 g/mol. The molecule has 2 heteroatoms. The molecule has 0 heterocycles. The van der Waals surface area contributed by atoms with Crippen LogP contribution in [0.5, 0.6) is 0 Å². The zero-order chi connectivity index (χ0) is 11.2. The van der Waals surface area contributed by atoms with Gasteiger partial charge in [0, 0.05) is 0 Å². The molecule has 1 N–H and O–H groups in total. The summed E-state index contributed by atoms with van der Waals surface area (Å²) in [6, 6.07) is 0. The van der Waals surface area contributed by atoms with Gasteiger partial charge in [-0.2, -0.15) is 6.54 Å². The van der Waals surface area contributed by atoms with Gasteiger partial charge in [0.2, 0.25) is 0 Å². The molecule has 0 aromatic carbocycles. The van der Waals surface area contributed by atoms with Crippen LogP contribution in [0.3, 0.4) is 0 Å². The van der Waals surface area contributed by atoms with Crippen molar-refractivity contribution in [3.05, 3.63) is 5.73 Å². The third-order valence-corrected chi connectivity index (χ3v) is 3.03. The van der Waals surface area contributed by atoms with E-state index in [0.717, 1.165) is 6.42 Å². The molecule has 0 saturated carbocycles. The van der Waals surface area contributed by atoms with Crippen molar-refractivity contribution in [1.29, 1.82) is 0 Å². The molecule has 0 aliphatic heterocycles. The summed E-state index contributed by atoms with van der Waals surface area (Å²) >= 11 is 0. The third-order valence-electron chi connectivity index (χ3n) is 3.03. The Morgan fingerprint density at radius 3 is 1.19 bits per heavy atom. The summed E-state index contributed by atoms with van der Waals surface area (Å²) < 4.78 is 0. The number of nitrogens with one attached hydrogen (secondary N) is 1. The molecule has 0 fully saturated rings. The van der Waals surface area contributed by atoms with Crippen molar-refractivity contribution in [1.82, 2.24) is 0 Å². The Balaban J connectivity index is 0. The quantitative estimate of drug-likeness (QED) is 0.376. The van der Waals surface area contributed by atoms with Crippen molar-refractivity contribution in [2.45, 2.75) is 84.0 Å². The van der Waals surface area contributed by atoms with E-state index in [9.17, 15) is 0 Å². The van der Waals surface area contributed by atoms with Gasteiger partial charge in [0.05, 0.1) is 0 Å². The van der Waals surface area contributed by atoms with Crippen LogP contribution in [0.15, 0.2) is 0 Å². The minimum absolute atomic E-state index is 0. The minimum Gasteiger partial charge on any atom is -0.677 e. The Hall–Kier alpha value is 1.60. The van der Waals surface area contributed by atoms with Crippen LogP contribution >= 0.6 is 0 Å². The Morgan fingerprint density at radius 2 is 0.875 bits per heavy atom. The summed E-state index contributed by atoms with van der Waals surface area (Å²) in [4.78, 5) is 0. The summed E-state index contributed by atoms with van der Waals surface area (Å²) in [7, 11) is 0. The van der Waals surface area contributed by atoms with Gasteiger partial charge in [-0.25, -0.2) is 0 Å². The first-order chi connectivity index (χ1) is 7.41. The van der Waals surface area contributed by atoms with E-state index in [1.165, 1.54) is 70.6 Å². The first-order valence-corrected chi connectivity index (χ1v) is 7.06. The fourth-order valence-corrected chi connectivity index (χ4v) is 1.97. The molecule has 0 amide bonds. The smallest absolute Gasteiger partial charge is 0.677 e. The number of hydrogen-bond donors (Lipinski definition) is 0. The van der Waals surface area contributed by atoms with Gasteiger partial charge in [-0.15, -0.1) is 0 Å². The molecule has 0 saturated heterocycles. The fraction of sp³-hybridized carbons (Fsp3) is 1.00. The van der Waals surface area contributed by atoms with Crippen LogP contribution in [0, 0.1) is 0 Å². The molecule has 0 rings (SSSR count). The SMILES string of the molecule is CCCCCCCCCCCCCC[NH-].[K+]. The van der Waals surface area contributed by atoms with Crippen molar-refractivity contribution in [3.63, 3.8) is 0 Å². The summed E-state index contributed by atoms with van der Waals surface area (Å²) in [6.45, 7) is 2.90. The second-order valence-corrected chi connectivity index (χ2v) is 4.64. The predicted octanol–water partition coefficient (Wildman–Crippen LogP) is 2.74. The fourth-order valence-electron chi connectivity index (χ4n) is 1.97. The summed E-state index contributed by atoms with van der Waals surface area (Å²) in [5, 5.41) is 0. The molecular formula is C14H30KN. The van der Waals surface area contributed by atoms with E-state index in [4.69, 9.17) is 5.73 Å². The summed E-state index contributed by atoms with van der Waals surface area (Å²) in [5.41, 5.74) is 7.03. The van der Waals surface area contributed by atoms with Crippen LogP contribution in [-0.4, -0.2) is 6.54 Å². The molecule has 92 valence electrons. The molecule has 0 bridgehead atoms. The van der Waals surface area contributed by atoms with Crippen LogP contribution in [-0.2, 0) is 0 Å². The topological polar surface area (TPSA) is 23.8 Å². The van der Waals surface area contributed by atoms with E-state index in [1.807, 2.05) is 0 Å². The van der Waals surface area contributed by atoms with E-state index in [1.54, 1.807) is 0 Å². The van der Waals surface area contributed by atoms with Crippen LogP contribution in [0.1, 0.15) is 84.0 Å². The zero-order valence-corrected chi connectivity index (χ0v) is 14.8. The Labute approximate surface area is 146 Å². The molecule has 0 unspecified atom stereocenters. The summed E-state index contributed by atoms with van der Waals surface area (Å²) in [6.07, 6.45) is 16.6. The predicted molar refractivity (Wildman–Crippen MR) is 70.3 cm³/mol. The molecule has 1 nitrogen and oxygen atoms in total. The maximum Gasteiger partial charge on any atom is 1.00 e. The van der Waals surface area contributed by atoms with Crippen molar-refractivity contribution in [3.8, 4) is 0 Å². The van der Waals surface area contributed by atoms with E-state index in [-0.39, 0.29) is 51.4 Å². The molecule has 0 aliphatic carbocycles. The van der Waals surface area contributed by atoms with E-state index in [2.05, 4.69) is 6.92 Å². The molecule has 0 spiro atoms. The van der Waals surface area contributed by atoms with E-state index >= 15 is 0 Å². The molecule has 16 heavy (non-hydrogen) atoms. The van der Waals surface area contributed by atoms with Crippen molar-refractivity contribution < 1.29 is 51.4 Å². The van der Waals surface area contributed by atoms with Crippen LogP contribution in [0.2, 0.25) is 0 Å². The maximum absolute atomic E-state index is 7.03. The molecule has 0 radical (unpaired) electrons. The molecular weight excluding hydrogens is 221 g/mol. The van der Waals surface area contributed by atoms with Gasteiger partial charge in [0.1, 0.15) is 0 Å². The van der Waals surface area contributed by atoms with Gasteiger partial charge in [-0.3, -0.25) is 0 Å². The second-order valence-electron chi connectivity index (χ2n) is 4.64. The van der Waals surface area contributed by atoms with Crippen molar-refractivity contribution >= 4 is 0 Å². The van der Waals surface area contributed by atoms with Gasteiger partial charge in [0.15, 0.2) is 0 Å². The molecule has 0 aliphatic rings. The number of unbranched alkanes of at least 4 members (excludes halogenated alkanes) is 11. The summed E-state index contributed by atoms with van der Waals surface area (Å²) in [5.74, 6) is 0. The average Bonchev–Trinajstić information content (AvgIpc) is 2.26. The van der Waals surface area contributed by atoms with Crippen LogP contribution in [0.4, 0.5) is 0 Å². The number of hydrogen-bond acceptors (Lipinski definition) is 0. The standard InChI is InChI=1S/C14H30N.K/c1-2-3-4-5-6-7-8-9-10-11-12-13-14-15;/h15H,2-14H2,1H3;/q-1;+1. The third kappa shape index (κ3) is 18.0. The average molecular weight is 251 g/mol. The molecule has 0 aromatic heterocycles. The van der Waals surface area contributed by atoms with Crippen LogP contribution in [0.25, 0.3) is 5.73 Å². The largest absolute Gasteiger partial charge is 1.00 e. The van der Waals surface area contributed by atoms with Gasteiger partial charge in [0.25, 0.3) is 0 Å². The Bertz CT molecular complexity index is 94.9. The normalized spacial score (nSPS) is 10.1. The minimum atomic E-state index is 0. The van der Waals surface area contributed by atoms with Gasteiger partial charge in [-0.1, -0.05) is 84.0 Å². The van der Waals surface area contributed by atoms with E-state index < -0.39 is 0 Å². The maximum atomic E-state index is 7.03. The van der Waals surface area contributed by atoms with Gasteiger partial charge < -0.3 is 5.73 Å². The number of rotatable bonds is 12. The van der Waals surface area contributed by atoms with Crippen molar-refractivity contribution in [2.75, 3.05) is 6.54 Å². The van der Waals surface area contributed by atoms with Crippen LogP contribution < -0.4 is 51.4 Å². The van der Waals surface area contributed by atoms with Gasteiger partial charge >= 0.3 is 51.4 Å². The Kier molecular flexibility index (Phi) is 23.6.